The van der Waals surface area contributed by atoms with Gasteiger partial charge in [-0.05, 0) is 45.4 Å². The molecular weight excluding hydrogens is 440 g/mol. The Kier molecular flexibility index (Phi) is 5.67. The summed E-state index contributed by atoms with van der Waals surface area (Å²) < 4.78 is 2.13. The molecule has 74 valence electrons. The monoisotopic (exact) mass is 442 g/mol. The molecule has 0 nitrogen and oxygen atoms in total. The molecule has 0 fully saturated rings. The van der Waals surface area contributed by atoms with Gasteiger partial charge in [0.15, 0.2) is 0 Å². The molecule has 1 rings (SSSR count). The first-order valence-corrected chi connectivity index (χ1v) is 7.13. The maximum absolute atomic E-state index is 3.51. The Morgan fingerprint density at radius 2 is 1.14 bits per heavy atom. The van der Waals surface area contributed by atoms with Crippen molar-refractivity contribution in [3.05, 3.63) is 42.2 Å². The lowest BCUT2D eigenvalue weighted by atomic mass is 10.1. The minimum absolute atomic E-state index is 1.07. The summed E-state index contributed by atoms with van der Waals surface area (Å²) in [7, 11) is 0. The minimum Gasteiger partial charge on any atom is -0.0595 e. The van der Waals surface area contributed by atoms with Crippen LogP contribution in [0.25, 0.3) is 12.2 Å². The summed E-state index contributed by atoms with van der Waals surface area (Å²) in [6.07, 6.45) is 3.97. The Hall–Kier alpha value is 0.620. The maximum atomic E-state index is 3.51. The molecule has 0 aliphatic carbocycles. The molecule has 0 aliphatic heterocycles. The molecule has 0 aromatic heterocycles. The van der Waals surface area contributed by atoms with Crippen LogP contribution in [-0.2, 0) is 0 Å². The van der Waals surface area contributed by atoms with E-state index < -0.39 is 0 Å². The molecule has 4 heteroatoms. The highest BCUT2D eigenvalue weighted by atomic mass is 79.9. The molecule has 1 aromatic carbocycles. The molecule has 0 saturated heterocycles. The van der Waals surface area contributed by atoms with Crippen LogP contribution in [-0.4, -0.2) is 0 Å². The average Bonchev–Trinajstić information content (AvgIpc) is 2.14. The van der Waals surface area contributed by atoms with Gasteiger partial charge in [0.05, 0.1) is 0 Å². The van der Waals surface area contributed by atoms with Gasteiger partial charge in [0, 0.05) is 8.95 Å². The van der Waals surface area contributed by atoms with Crippen LogP contribution >= 0.6 is 63.7 Å². The topological polar surface area (TPSA) is 0 Å². The number of hydrogen-bond donors (Lipinski definition) is 0. The molecule has 0 spiro atoms. The van der Waals surface area contributed by atoms with Crippen LogP contribution in [0.3, 0.4) is 0 Å². The zero-order valence-corrected chi connectivity index (χ0v) is 13.3. The normalized spacial score (nSPS) is 11.7. The van der Waals surface area contributed by atoms with Crippen molar-refractivity contribution in [2.24, 2.45) is 0 Å². The Bertz CT molecular complexity index is 342. The van der Waals surface area contributed by atoms with E-state index in [0.29, 0.717) is 0 Å². The van der Waals surface area contributed by atoms with Crippen LogP contribution in [0.1, 0.15) is 11.1 Å². The van der Waals surface area contributed by atoms with Crippen molar-refractivity contribution in [2.45, 2.75) is 0 Å². The van der Waals surface area contributed by atoms with Crippen LogP contribution in [0.2, 0.25) is 0 Å². The van der Waals surface area contributed by atoms with E-state index in [1.807, 2.05) is 22.1 Å². The van der Waals surface area contributed by atoms with Gasteiger partial charge in [0.25, 0.3) is 0 Å². The summed E-state index contributed by atoms with van der Waals surface area (Å²) in [6.45, 7) is 0. The summed E-state index contributed by atoms with van der Waals surface area (Å²) in [5.41, 5.74) is 2.25. The summed E-state index contributed by atoms with van der Waals surface area (Å²) in [5.74, 6) is 0. The van der Waals surface area contributed by atoms with Crippen LogP contribution in [0.15, 0.2) is 31.0 Å². The number of hydrogen-bond acceptors (Lipinski definition) is 0. The van der Waals surface area contributed by atoms with E-state index in [0.717, 1.165) is 20.1 Å². The van der Waals surface area contributed by atoms with Crippen LogP contribution in [0.5, 0.6) is 0 Å². The van der Waals surface area contributed by atoms with E-state index in [-0.39, 0.29) is 0 Å². The van der Waals surface area contributed by atoms with Crippen molar-refractivity contribution < 1.29 is 0 Å². The fourth-order valence-electron chi connectivity index (χ4n) is 0.969. The lowest BCUT2D eigenvalue weighted by molar-refractivity contribution is 1.53. The van der Waals surface area contributed by atoms with Gasteiger partial charge in [-0.3, -0.25) is 0 Å². The second-order valence-corrected chi connectivity index (χ2v) is 5.25. The van der Waals surface area contributed by atoms with Gasteiger partial charge in [-0.25, -0.2) is 0 Å². The first-order valence-electron chi connectivity index (χ1n) is 3.71. The molecule has 0 N–H and O–H groups in total. The average molecular weight is 446 g/mol. The van der Waals surface area contributed by atoms with Crippen LogP contribution in [0.4, 0.5) is 0 Å². The summed E-state index contributed by atoms with van der Waals surface area (Å²) in [6, 6.07) is 4.12. The van der Waals surface area contributed by atoms with E-state index in [1.165, 1.54) is 0 Å². The van der Waals surface area contributed by atoms with Crippen molar-refractivity contribution >= 4 is 75.9 Å². The maximum Gasteiger partial charge on any atom is 0.0254 e. The van der Waals surface area contributed by atoms with Crippen molar-refractivity contribution in [3.8, 4) is 0 Å². The Morgan fingerprint density at radius 1 is 0.786 bits per heavy atom. The highest BCUT2D eigenvalue weighted by molar-refractivity contribution is 9.11. The van der Waals surface area contributed by atoms with Crippen LogP contribution < -0.4 is 0 Å². The summed E-state index contributed by atoms with van der Waals surface area (Å²) in [5, 5.41) is 0. The molecule has 0 heterocycles. The molecule has 0 saturated carbocycles. The zero-order valence-electron chi connectivity index (χ0n) is 6.98. The molecule has 0 aliphatic rings. The molecule has 0 unspecified atom stereocenters. The minimum atomic E-state index is 1.07. The fourth-order valence-corrected chi connectivity index (χ4v) is 2.52. The third kappa shape index (κ3) is 3.33. The SMILES string of the molecule is Br/C=C\c1cc(Br)c(/C=C\Br)cc1Br. The predicted octanol–water partition coefficient (Wildman–Crippen LogP) is 5.94. The highest BCUT2D eigenvalue weighted by Gasteiger charge is 2.02. The highest BCUT2D eigenvalue weighted by Crippen LogP contribution is 2.28. The van der Waals surface area contributed by atoms with Gasteiger partial charge in [0.1, 0.15) is 0 Å². The second kappa shape index (κ2) is 6.26. The van der Waals surface area contributed by atoms with E-state index in [4.69, 9.17) is 0 Å². The van der Waals surface area contributed by atoms with Crippen molar-refractivity contribution in [1.29, 1.82) is 0 Å². The first kappa shape index (κ1) is 12.7. The van der Waals surface area contributed by atoms with Gasteiger partial charge in [-0.1, -0.05) is 63.7 Å². The zero-order chi connectivity index (χ0) is 10.6. The fraction of sp³-hybridized carbons (Fsp3) is 0. The van der Waals surface area contributed by atoms with Gasteiger partial charge >= 0.3 is 0 Å². The number of rotatable bonds is 2. The molecule has 0 radical (unpaired) electrons. The summed E-state index contributed by atoms with van der Waals surface area (Å²) >= 11 is 13.5. The third-order valence-corrected chi connectivity index (χ3v) is 3.50. The van der Waals surface area contributed by atoms with Gasteiger partial charge < -0.3 is 0 Å². The Labute approximate surface area is 117 Å². The van der Waals surface area contributed by atoms with E-state index in [2.05, 4.69) is 75.9 Å². The predicted molar refractivity (Wildman–Crippen MR) is 77.8 cm³/mol. The van der Waals surface area contributed by atoms with Gasteiger partial charge in [-0.2, -0.15) is 0 Å². The van der Waals surface area contributed by atoms with Crippen LogP contribution in [0, 0.1) is 0 Å². The largest absolute Gasteiger partial charge is 0.0595 e. The smallest absolute Gasteiger partial charge is 0.0254 e. The molecule has 1 aromatic rings. The van der Waals surface area contributed by atoms with Crippen molar-refractivity contribution in [1.82, 2.24) is 0 Å². The van der Waals surface area contributed by atoms with Crippen molar-refractivity contribution in [3.63, 3.8) is 0 Å². The number of benzene rings is 1. The third-order valence-electron chi connectivity index (χ3n) is 1.60. The lowest BCUT2D eigenvalue weighted by Gasteiger charge is -2.03. The lowest BCUT2D eigenvalue weighted by Crippen LogP contribution is -1.81. The molecule has 0 atom stereocenters. The quantitative estimate of drug-likeness (QED) is 0.528. The molecule has 14 heavy (non-hydrogen) atoms. The summed E-state index contributed by atoms with van der Waals surface area (Å²) in [4.78, 5) is 3.67. The standard InChI is InChI=1S/C10H6Br4/c11-3-1-7-5-10(14)8(2-4-12)6-9(7)13/h1-6H/b3-1-,4-2-. The molecular formula is C10H6Br4. The van der Waals surface area contributed by atoms with E-state index >= 15 is 0 Å². The first-order chi connectivity index (χ1) is 6.69. The van der Waals surface area contributed by atoms with Crippen molar-refractivity contribution in [2.75, 3.05) is 0 Å². The van der Waals surface area contributed by atoms with E-state index in [1.54, 1.807) is 0 Å². The molecule has 0 amide bonds. The Balaban J connectivity index is 3.23. The van der Waals surface area contributed by atoms with E-state index in [9.17, 15) is 0 Å². The number of halogens is 4. The molecule has 0 bridgehead atoms. The second-order valence-electron chi connectivity index (χ2n) is 2.48. The Morgan fingerprint density at radius 3 is 1.43 bits per heavy atom. The van der Waals surface area contributed by atoms with Gasteiger partial charge in [0.2, 0.25) is 0 Å². The van der Waals surface area contributed by atoms with Gasteiger partial charge in [-0.15, -0.1) is 0 Å².